The molecule has 0 atom stereocenters. The second kappa shape index (κ2) is 5.81. The molecule has 3 amide bonds. The zero-order valence-electron chi connectivity index (χ0n) is 14.6. The van der Waals surface area contributed by atoms with Gasteiger partial charge in [-0.3, -0.25) is 24.3 Å². The van der Waals surface area contributed by atoms with Crippen molar-refractivity contribution in [1.29, 1.82) is 0 Å². The normalized spacial score (nSPS) is 13.8. The summed E-state index contributed by atoms with van der Waals surface area (Å²) in [5.41, 5.74) is 1.58. The van der Waals surface area contributed by atoms with Crippen LogP contribution in [0.4, 0.5) is 5.69 Å². The molecule has 6 nitrogen and oxygen atoms in total. The van der Waals surface area contributed by atoms with Crippen LogP contribution in [0.5, 0.6) is 0 Å². The zero-order chi connectivity index (χ0) is 18.4. The van der Waals surface area contributed by atoms with Gasteiger partial charge in [-0.15, -0.1) is 0 Å². The van der Waals surface area contributed by atoms with Gasteiger partial charge in [0.15, 0.2) is 0 Å². The van der Waals surface area contributed by atoms with Crippen molar-refractivity contribution >= 4 is 23.4 Å². The lowest BCUT2D eigenvalue weighted by Gasteiger charge is -2.29. The topological polar surface area (TPSA) is 79.4 Å². The van der Waals surface area contributed by atoms with E-state index in [-0.39, 0.29) is 23.3 Å². The van der Waals surface area contributed by atoms with E-state index in [1.165, 1.54) is 17.0 Å². The highest BCUT2D eigenvalue weighted by atomic mass is 16.2. The number of nitrogens with zero attached hydrogens (tertiary/aromatic N) is 2. The van der Waals surface area contributed by atoms with Gasteiger partial charge in [0.05, 0.1) is 22.5 Å². The molecule has 0 aliphatic carbocycles. The Bertz CT molecular complexity index is 897. The number of benzene rings is 1. The smallest absolute Gasteiger partial charge is 0.262 e. The van der Waals surface area contributed by atoms with Gasteiger partial charge in [0, 0.05) is 17.3 Å². The van der Waals surface area contributed by atoms with E-state index < -0.39 is 5.54 Å². The Morgan fingerprint density at radius 1 is 1.08 bits per heavy atom. The summed E-state index contributed by atoms with van der Waals surface area (Å²) >= 11 is 0. The molecule has 2 aromatic rings. The first-order valence-corrected chi connectivity index (χ1v) is 7.96. The fraction of sp³-hybridized carbons (Fsp3) is 0.263. The predicted octanol–water partition coefficient (Wildman–Crippen LogP) is 3.04. The quantitative estimate of drug-likeness (QED) is 0.854. The van der Waals surface area contributed by atoms with Gasteiger partial charge < -0.3 is 5.32 Å². The average molecular weight is 337 g/mol. The molecule has 0 unspecified atom stereocenters. The minimum absolute atomic E-state index is 0.260. The number of hydrogen-bond acceptors (Lipinski definition) is 4. The number of pyridine rings is 1. The third kappa shape index (κ3) is 2.91. The molecule has 0 spiro atoms. The Hall–Kier alpha value is -3.02. The van der Waals surface area contributed by atoms with Crippen LogP contribution >= 0.6 is 0 Å². The fourth-order valence-corrected chi connectivity index (χ4v) is 2.80. The predicted molar refractivity (Wildman–Crippen MR) is 93.6 cm³/mol. The van der Waals surface area contributed by atoms with Gasteiger partial charge in [0.1, 0.15) is 0 Å². The van der Waals surface area contributed by atoms with Gasteiger partial charge in [-0.1, -0.05) is 0 Å². The first-order chi connectivity index (χ1) is 11.7. The summed E-state index contributed by atoms with van der Waals surface area (Å²) in [6.07, 6.45) is 1.64. The molecule has 0 saturated carbocycles. The van der Waals surface area contributed by atoms with Gasteiger partial charge in [0.2, 0.25) is 0 Å². The second-order valence-electron chi connectivity index (χ2n) is 6.97. The van der Waals surface area contributed by atoms with E-state index in [0.717, 1.165) is 0 Å². The van der Waals surface area contributed by atoms with Crippen molar-refractivity contribution in [3.8, 4) is 0 Å². The molecule has 1 N–H and O–H groups in total. The molecule has 0 fully saturated rings. The van der Waals surface area contributed by atoms with Crippen molar-refractivity contribution in [2.45, 2.75) is 33.2 Å². The number of fused-ring (bicyclic) bond motifs is 1. The van der Waals surface area contributed by atoms with E-state index in [2.05, 4.69) is 10.3 Å². The van der Waals surface area contributed by atoms with Crippen molar-refractivity contribution in [2.75, 3.05) is 5.32 Å². The number of carbonyl (C=O) groups is 3. The van der Waals surface area contributed by atoms with Gasteiger partial charge in [0.25, 0.3) is 17.7 Å². The van der Waals surface area contributed by atoms with Crippen molar-refractivity contribution in [1.82, 2.24) is 9.88 Å². The zero-order valence-corrected chi connectivity index (χ0v) is 14.6. The maximum Gasteiger partial charge on any atom is 0.262 e. The molecular weight excluding hydrogens is 318 g/mol. The number of amides is 3. The monoisotopic (exact) mass is 337 g/mol. The number of hydrogen-bond donors (Lipinski definition) is 1. The molecule has 25 heavy (non-hydrogen) atoms. The Morgan fingerprint density at radius 2 is 1.76 bits per heavy atom. The SMILES string of the molecule is Cc1ncccc1NC(=O)c1ccc2c(c1)C(=O)N(C(C)(C)C)C2=O. The van der Waals surface area contributed by atoms with Gasteiger partial charge in [-0.2, -0.15) is 0 Å². The number of imide groups is 1. The second-order valence-corrected chi connectivity index (χ2v) is 6.97. The highest BCUT2D eigenvalue weighted by Crippen LogP contribution is 2.30. The number of anilines is 1. The van der Waals surface area contributed by atoms with Crippen LogP contribution in [-0.4, -0.2) is 33.1 Å². The van der Waals surface area contributed by atoms with Crippen molar-refractivity contribution < 1.29 is 14.4 Å². The Labute approximate surface area is 145 Å². The Morgan fingerprint density at radius 3 is 2.40 bits per heavy atom. The first kappa shape index (κ1) is 16.8. The maximum atomic E-state index is 12.6. The Balaban J connectivity index is 1.92. The van der Waals surface area contributed by atoms with Crippen LogP contribution in [0, 0.1) is 6.92 Å². The van der Waals surface area contributed by atoms with Crippen LogP contribution in [0.25, 0.3) is 0 Å². The highest BCUT2D eigenvalue weighted by molar-refractivity contribution is 6.22. The van der Waals surface area contributed by atoms with Gasteiger partial charge in [-0.05, 0) is 58.0 Å². The summed E-state index contributed by atoms with van der Waals surface area (Å²) in [7, 11) is 0. The fourth-order valence-electron chi connectivity index (χ4n) is 2.80. The third-order valence-electron chi connectivity index (χ3n) is 4.07. The van der Waals surface area contributed by atoms with E-state index in [1.807, 2.05) is 0 Å². The lowest BCUT2D eigenvalue weighted by Crippen LogP contribution is -2.45. The standard InChI is InChI=1S/C19H19N3O3/c1-11-15(6-5-9-20-11)21-16(23)12-7-8-13-14(10-12)18(25)22(17(13)24)19(2,3)4/h5-10H,1-4H3,(H,21,23). The number of aryl methyl sites for hydroxylation is 1. The van der Waals surface area contributed by atoms with Crippen molar-refractivity contribution in [3.63, 3.8) is 0 Å². The minimum Gasteiger partial charge on any atom is -0.320 e. The van der Waals surface area contributed by atoms with E-state index in [4.69, 9.17) is 0 Å². The van der Waals surface area contributed by atoms with Crippen LogP contribution in [0.1, 0.15) is 57.5 Å². The van der Waals surface area contributed by atoms with E-state index in [9.17, 15) is 14.4 Å². The molecule has 0 bridgehead atoms. The number of rotatable bonds is 2. The molecule has 1 aromatic carbocycles. The molecule has 0 saturated heterocycles. The summed E-state index contributed by atoms with van der Waals surface area (Å²) in [5, 5.41) is 2.77. The Kier molecular flexibility index (Phi) is 3.91. The van der Waals surface area contributed by atoms with Gasteiger partial charge in [-0.25, -0.2) is 0 Å². The number of carbonyl (C=O) groups excluding carboxylic acids is 3. The van der Waals surface area contributed by atoms with E-state index >= 15 is 0 Å². The van der Waals surface area contributed by atoms with Crippen LogP contribution in [0.2, 0.25) is 0 Å². The van der Waals surface area contributed by atoms with Gasteiger partial charge >= 0.3 is 0 Å². The summed E-state index contributed by atoms with van der Waals surface area (Å²) in [6.45, 7) is 7.19. The molecular formula is C19H19N3O3. The molecule has 3 rings (SSSR count). The molecule has 0 radical (unpaired) electrons. The highest BCUT2D eigenvalue weighted by Gasteiger charge is 2.42. The largest absolute Gasteiger partial charge is 0.320 e. The lowest BCUT2D eigenvalue weighted by atomic mass is 10.1. The summed E-state index contributed by atoms with van der Waals surface area (Å²) in [5.74, 6) is -1.06. The number of nitrogens with one attached hydrogen (secondary N) is 1. The van der Waals surface area contributed by atoms with Crippen LogP contribution in [0.3, 0.4) is 0 Å². The molecule has 1 aliphatic rings. The van der Waals surface area contributed by atoms with Crippen molar-refractivity contribution in [2.24, 2.45) is 0 Å². The van der Waals surface area contributed by atoms with E-state index in [0.29, 0.717) is 22.5 Å². The molecule has 6 heteroatoms. The number of aromatic nitrogens is 1. The summed E-state index contributed by atoms with van der Waals surface area (Å²) in [6, 6.07) is 8.05. The molecule has 2 heterocycles. The van der Waals surface area contributed by atoms with E-state index in [1.54, 1.807) is 52.1 Å². The minimum atomic E-state index is -0.623. The third-order valence-corrected chi connectivity index (χ3v) is 4.07. The van der Waals surface area contributed by atoms with Crippen LogP contribution < -0.4 is 5.32 Å². The lowest BCUT2D eigenvalue weighted by molar-refractivity contribution is 0.0507. The first-order valence-electron chi connectivity index (χ1n) is 7.96. The van der Waals surface area contributed by atoms with Crippen LogP contribution in [-0.2, 0) is 0 Å². The molecule has 1 aromatic heterocycles. The summed E-state index contributed by atoms with van der Waals surface area (Å²) in [4.78, 5) is 42.9. The summed E-state index contributed by atoms with van der Waals surface area (Å²) < 4.78 is 0. The molecule has 1 aliphatic heterocycles. The maximum absolute atomic E-state index is 12.6. The van der Waals surface area contributed by atoms with Crippen molar-refractivity contribution in [3.05, 3.63) is 58.9 Å². The average Bonchev–Trinajstić information content (AvgIpc) is 2.80. The van der Waals surface area contributed by atoms with Crippen LogP contribution in [0.15, 0.2) is 36.5 Å². The molecule has 128 valence electrons.